The van der Waals surface area contributed by atoms with Gasteiger partial charge in [-0.2, -0.15) is 5.10 Å². The lowest BCUT2D eigenvalue weighted by molar-refractivity contribution is -0.138. The van der Waals surface area contributed by atoms with Crippen molar-refractivity contribution < 1.29 is 9.21 Å². The van der Waals surface area contributed by atoms with Crippen LogP contribution in [0.25, 0.3) is 0 Å². The maximum Gasteiger partial charge on any atom is 0.226 e. The fourth-order valence-electron chi connectivity index (χ4n) is 4.42. The molecule has 134 valence electrons. The van der Waals surface area contributed by atoms with E-state index in [1.807, 2.05) is 28.8 Å². The summed E-state index contributed by atoms with van der Waals surface area (Å²) in [6.07, 6.45) is 10.7. The van der Waals surface area contributed by atoms with E-state index in [4.69, 9.17) is 9.52 Å². The van der Waals surface area contributed by atoms with Crippen LogP contribution < -0.4 is 0 Å². The molecule has 2 aromatic rings. The molecule has 1 fully saturated rings. The maximum atomic E-state index is 13.2. The van der Waals surface area contributed by atoms with Gasteiger partial charge in [0.1, 0.15) is 5.76 Å². The van der Waals surface area contributed by atoms with Crippen LogP contribution in [0.4, 0.5) is 0 Å². The molecule has 0 N–H and O–H groups in total. The summed E-state index contributed by atoms with van der Waals surface area (Å²) in [7, 11) is 2.02. The van der Waals surface area contributed by atoms with Gasteiger partial charge in [-0.15, -0.1) is 0 Å². The Morgan fingerprint density at radius 2 is 2.08 bits per heavy atom. The minimum absolute atomic E-state index is 0.167. The number of aromatic nitrogens is 2. The minimum atomic E-state index is 0.167. The maximum absolute atomic E-state index is 13.2. The number of nitrogens with zero attached hydrogens (tertiary/aromatic N) is 3. The number of amides is 1. The lowest BCUT2D eigenvalue weighted by Gasteiger charge is -2.28. The molecule has 0 atom stereocenters. The van der Waals surface area contributed by atoms with E-state index in [-0.39, 0.29) is 11.8 Å². The first-order chi connectivity index (χ1) is 12.2. The molecule has 2 heterocycles. The van der Waals surface area contributed by atoms with Crippen molar-refractivity contribution in [2.24, 2.45) is 13.0 Å². The van der Waals surface area contributed by atoms with Gasteiger partial charge in [0.25, 0.3) is 0 Å². The molecule has 0 saturated heterocycles. The van der Waals surface area contributed by atoms with Gasteiger partial charge in [0, 0.05) is 18.7 Å². The van der Waals surface area contributed by atoms with Crippen molar-refractivity contribution in [3.05, 3.63) is 41.1 Å². The zero-order valence-electron chi connectivity index (χ0n) is 15.0. The summed E-state index contributed by atoms with van der Waals surface area (Å²) in [6.45, 7) is 1.13. The average Bonchev–Trinajstić information content (AvgIpc) is 3.36. The van der Waals surface area contributed by atoms with Gasteiger partial charge >= 0.3 is 0 Å². The van der Waals surface area contributed by atoms with Crippen LogP contribution in [0.5, 0.6) is 0 Å². The molecule has 5 nitrogen and oxygen atoms in total. The van der Waals surface area contributed by atoms with E-state index in [0.29, 0.717) is 13.1 Å². The molecule has 1 amide bonds. The fraction of sp³-hybridized carbons (Fsp3) is 0.600. The molecule has 0 spiro atoms. The number of hydrogen-bond acceptors (Lipinski definition) is 3. The predicted octanol–water partition coefficient (Wildman–Crippen LogP) is 3.61. The van der Waals surface area contributed by atoms with Crippen molar-refractivity contribution in [2.75, 3.05) is 0 Å². The number of hydrogen-bond donors (Lipinski definition) is 0. The Bertz CT molecular complexity index is 726. The number of fused-ring (bicyclic) bond motifs is 1. The van der Waals surface area contributed by atoms with Crippen molar-refractivity contribution >= 4 is 5.91 Å². The van der Waals surface area contributed by atoms with Crippen molar-refractivity contribution in [2.45, 2.75) is 64.5 Å². The first-order valence-corrected chi connectivity index (χ1v) is 9.57. The van der Waals surface area contributed by atoms with Crippen LogP contribution in [0, 0.1) is 5.92 Å². The van der Waals surface area contributed by atoms with Crippen molar-refractivity contribution in [1.82, 2.24) is 14.7 Å². The summed E-state index contributed by atoms with van der Waals surface area (Å²) < 4.78 is 7.53. The van der Waals surface area contributed by atoms with Gasteiger partial charge in [-0.25, -0.2) is 0 Å². The topological polar surface area (TPSA) is 51.3 Å². The SMILES string of the molecule is Cn1nc(CN(Cc2ccco2)C(=O)C2CCCCC2)c2c1CCC2. The minimum Gasteiger partial charge on any atom is -0.467 e. The Morgan fingerprint density at radius 3 is 2.84 bits per heavy atom. The lowest BCUT2D eigenvalue weighted by atomic mass is 9.88. The molecule has 0 aromatic carbocycles. The predicted molar refractivity (Wildman–Crippen MR) is 94.8 cm³/mol. The Morgan fingerprint density at radius 1 is 1.24 bits per heavy atom. The zero-order chi connectivity index (χ0) is 17.2. The Hall–Kier alpha value is -2.04. The second-order valence-electron chi connectivity index (χ2n) is 7.46. The molecule has 0 unspecified atom stereocenters. The second-order valence-corrected chi connectivity index (χ2v) is 7.46. The molecule has 0 aliphatic heterocycles. The monoisotopic (exact) mass is 341 g/mol. The molecule has 5 heteroatoms. The van der Waals surface area contributed by atoms with Crippen LogP contribution in [0.1, 0.15) is 61.2 Å². The van der Waals surface area contributed by atoms with Gasteiger partial charge in [-0.3, -0.25) is 9.48 Å². The zero-order valence-corrected chi connectivity index (χ0v) is 15.0. The highest BCUT2D eigenvalue weighted by Crippen LogP contribution is 2.29. The molecule has 0 radical (unpaired) electrons. The Kier molecular flexibility index (Phi) is 4.64. The lowest BCUT2D eigenvalue weighted by Crippen LogP contribution is -2.36. The normalized spacial score (nSPS) is 17.6. The largest absolute Gasteiger partial charge is 0.467 e. The van der Waals surface area contributed by atoms with Crippen LogP contribution in [0.2, 0.25) is 0 Å². The number of carbonyl (C=O) groups excluding carboxylic acids is 1. The fourth-order valence-corrected chi connectivity index (χ4v) is 4.42. The standard InChI is InChI=1S/C20H27N3O2/c1-22-19-11-5-10-17(19)18(21-22)14-23(13-16-9-6-12-25-16)20(24)15-7-3-2-4-8-15/h6,9,12,15H,2-5,7-8,10-11,13-14H2,1H3. The summed E-state index contributed by atoms with van der Waals surface area (Å²) in [5.41, 5.74) is 3.78. The number of furan rings is 1. The number of rotatable bonds is 5. The molecule has 25 heavy (non-hydrogen) atoms. The van der Waals surface area contributed by atoms with E-state index < -0.39 is 0 Å². The quantitative estimate of drug-likeness (QED) is 0.835. The Balaban J connectivity index is 1.56. The Labute approximate surface area is 149 Å². The average molecular weight is 341 g/mol. The molecule has 1 saturated carbocycles. The first kappa shape index (κ1) is 16.4. The molecular formula is C20H27N3O2. The van der Waals surface area contributed by atoms with Crippen LogP contribution in [-0.2, 0) is 37.8 Å². The molecular weight excluding hydrogens is 314 g/mol. The van der Waals surface area contributed by atoms with Gasteiger partial charge in [0.15, 0.2) is 0 Å². The van der Waals surface area contributed by atoms with E-state index in [2.05, 4.69) is 0 Å². The third-order valence-electron chi connectivity index (χ3n) is 5.73. The second kappa shape index (κ2) is 7.06. The van der Waals surface area contributed by atoms with Crippen LogP contribution in [0.3, 0.4) is 0 Å². The van der Waals surface area contributed by atoms with Crippen LogP contribution >= 0.6 is 0 Å². The molecule has 4 rings (SSSR count). The van der Waals surface area contributed by atoms with Gasteiger partial charge in [-0.1, -0.05) is 19.3 Å². The summed E-state index contributed by atoms with van der Waals surface area (Å²) in [5.74, 6) is 1.28. The van der Waals surface area contributed by atoms with E-state index in [0.717, 1.165) is 37.1 Å². The summed E-state index contributed by atoms with van der Waals surface area (Å²) in [4.78, 5) is 15.2. The van der Waals surface area contributed by atoms with Gasteiger partial charge in [0.05, 0.1) is 25.0 Å². The van der Waals surface area contributed by atoms with Crippen LogP contribution in [-0.4, -0.2) is 20.6 Å². The third-order valence-corrected chi connectivity index (χ3v) is 5.73. The molecule has 2 aliphatic rings. The summed E-state index contributed by atoms with van der Waals surface area (Å²) >= 11 is 0. The van der Waals surface area contributed by atoms with Crippen molar-refractivity contribution in [1.29, 1.82) is 0 Å². The molecule has 0 bridgehead atoms. The van der Waals surface area contributed by atoms with E-state index >= 15 is 0 Å². The smallest absolute Gasteiger partial charge is 0.226 e. The number of carbonyl (C=O) groups is 1. The van der Waals surface area contributed by atoms with Gasteiger partial charge < -0.3 is 9.32 Å². The highest BCUT2D eigenvalue weighted by Gasteiger charge is 2.29. The van der Waals surface area contributed by atoms with Gasteiger partial charge in [0.2, 0.25) is 5.91 Å². The summed E-state index contributed by atoms with van der Waals surface area (Å²) in [6, 6.07) is 3.83. The van der Waals surface area contributed by atoms with E-state index in [9.17, 15) is 4.79 Å². The highest BCUT2D eigenvalue weighted by molar-refractivity contribution is 5.78. The van der Waals surface area contributed by atoms with Gasteiger partial charge in [-0.05, 0) is 49.8 Å². The first-order valence-electron chi connectivity index (χ1n) is 9.57. The number of aryl methyl sites for hydroxylation is 1. The van der Waals surface area contributed by atoms with Crippen molar-refractivity contribution in [3.8, 4) is 0 Å². The summed E-state index contributed by atoms with van der Waals surface area (Å²) in [5, 5.41) is 4.72. The van der Waals surface area contributed by atoms with Crippen molar-refractivity contribution in [3.63, 3.8) is 0 Å². The van der Waals surface area contributed by atoms with E-state index in [1.165, 1.54) is 36.9 Å². The van der Waals surface area contributed by atoms with E-state index in [1.54, 1.807) is 6.26 Å². The third kappa shape index (κ3) is 3.37. The molecule has 2 aromatic heterocycles. The highest BCUT2D eigenvalue weighted by atomic mass is 16.3. The van der Waals surface area contributed by atoms with Crippen LogP contribution in [0.15, 0.2) is 22.8 Å². The molecule has 2 aliphatic carbocycles.